The molecule has 0 atom stereocenters. The van der Waals surface area contributed by atoms with Crippen LogP contribution in [0.5, 0.6) is 0 Å². The summed E-state index contributed by atoms with van der Waals surface area (Å²) in [5.74, 6) is -1.35. The Bertz CT molecular complexity index is 963. The van der Waals surface area contributed by atoms with Crippen molar-refractivity contribution in [2.75, 3.05) is 10.6 Å². The number of benzene rings is 2. The van der Waals surface area contributed by atoms with E-state index in [0.29, 0.717) is 16.9 Å². The number of para-hydroxylation sites is 1. The monoisotopic (exact) mass is 351 g/mol. The van der Waals surface area contributed by atoms with Crippen LogP contribution < -0.4 is 10.6 Å². The lowest BCUT2D eigenvalue weighted by atomic mass is 9.90. The van der Waals surface area contributed by atoms with Crippen LogP contribution in [0.1, 0.15) is 13.8 Å². The van der Waals surface area contributed by atoms with E-state index < -0.39 is 23.0 Å². The van der Waals surface area contributed by atoms with Gasteiger partial charge >= 0.3 is 0 Å². The topological polar surface area (TPSA) is 71.1 Å². The van der Waals surface area contributed by atoms with Gasteiger partial charge in [0.2, 0.25) is 11.8 Å². The summed E-state index contributed by atoms with van der Waals surface area (Å²) in [5.41, 5.74) is 0.267. The van der Waals surface area contributed by atoms with Crippen LogP contribution in [-0.2, 0) is 9.59 Å². The van der Waals surface area contributed by atoms with Crippen molar-refractivity contribution in [2.24, 2.45) is 5.41 Å². The zero-order chi connectivity index (χ0) is 18.7. The maximum Gasteiger partial charge on any atom is 0.239 e. The zero-order valence-electron chi connectivity index (χ0n) is 14.4. The average molecular weight is 351 g/mol. The normalized spacial score (nSPS) is 11.2. The molecule has 6 heteroatoms. The fourth-order valence-electron chi connectivity index (χ4n) is 2.41. The molecular formula is C20H18FN3O2. The van der Waals surface area contributed by atoms with Gasteiger partial charge in [0.25, 0.3) is 0 Å². The second kappa shape index (κ2) is 6.92. The van der Waals surface area contributed by atoms with Crippen LogP contribution in [0.2, 0.25) is 0 Å². The molecule has 0 bridgehead atoms. The average Bonchev–Trinajstić information content (AvgIpc) is 2.63. The Hall–Kier alpha value is -3.28. The number of nitrogens with one attached hydrogen (secondary N) is 2. The fourth-order valence-corrected chi connectivity index (χ4v) is 2.41. The smallest absolute Gasteiger partial charge is 0.239 e. The summed E-state index contributed by atoms with van der Waals surface area (Å²) >= 11 is 0. The first kappa shape index (κ1) is 17.5. The number of nitrogens with zero attached hydrogens (tertiary/aromatic N) is 1. The molecule has 0 saturated heterocycles. The van der Waals surface area contributed by atoms with Gasteiger partial charge in [-0.3, -0.25) is 14.6 Å². The summed E-state index contributed by atoms with van der Waals surface area (Å²) < 4.78 is 13.0. The summed E-state index contributed by atoms with van der Waals surface area (Å²) in [5, 5.41) is 6.30. The van der Waals surface area contributed by atoms with E-state index in [1.807, 2.05) is 24.3 Å². The second-order valence-electron chi connectivity index (χ2n) is 6.42. The second-order valence-corrected chi connectivity index (χ2v) is 6.42. The molecule has 2 amide bonds. The standard InChI is InChI=1S/C20H18FN3O2/c1-20(2,18(25)23-15-10-8-14(21)9-11-15)19(26)24-16-7-3-5-13-6-4-12-22-17(13)16/h3-12H,1-2H3,(H,23,25)(H,24,26). The number of carbonyl (C=O) groups excluding carboxylic acids is 2. The molecule has 132 valence electrons. The van der Waals surface area contributed by atoms with Gasteiger partial charge in [-0.25, -0.2) is 4.39 Å². The highest BCUT2D eigenvalue weighted by molar-refractivity contribution is 6.15. The van der Waals surface area contributed by atoms with Crippen LogP contribution in [0.3, 0.4) is 0 Å². The predicted molar refractivity (Wildman–Crippen MR) is 99.2 cm³/mol. The molecule has 0 aliphatic carbocycles. The van der Waals surface area contributed by atoms with Crippen molar-refractivity contribution in [1.29, 1.82) is 0 Å². The molecule has 3 rings (SSSR count). The summed E-state index contributed by atoms with van der Waals surface area (Å²) in [6, 6.07) is 14.5. The third-order valence-electron chi connectivity index (χ3n) is 4.12. The molecule has 0 unspecified atom stereocenters. The number of halogens is 1. The van der Waals surface area contributed by atoms with Gasteiger partial charge in [-0.2, -0.15) is 0 Å². The zero-order valence-corrected chi connectivity index (χ0v) is 14.4. The Morgan fingerprint density at radius 2 is 1.58 bits per heavy atom. The molecule has 0 aliphatic rings. The number of fused-ring (bicyclic) bond motifs is 1. The van der Waals surface area contributed by atoms with Crippen LogP contribution in [-0.4, -0.2) is 16.8 Å². The molecule has 0 fully saturated rings. The molecule has 5 nitrogen and oxygen atoms in total. The van der Waals surface area contributed by atoms with Gasteiger partial charge in [-0.15, -0.1) is 0 Å². The van der Waals surface area contributed by atoms with Gasteiger partial charge in [-0.1, -0.05) is 18.2 Å². The summed E-state index contributed by atoms with van der Waals surface area (Å²) in [6.07, 6.45) is 1.64. The van der Waals surface area contributed by atoms with Crippen molar-refractivity contribution in [3.63, 3.8) is 0 Å². The fraction of sp³-hybridized carbons (Fsp3) is 0.150. The molecule has 2 N–H and O–H groups in total. The minimum absolute atomic E-state index is 0.400. The molecule has 0 spiro atoms. The number of amides is 2. The largest absolute Gasteiger partial charge is 0.325 e. The quantitative estimate of drug-likeness (QED) is 0.699. The van der Waals surface area contributed by atoms with Crippen LogP contribution in [0.15, 0.2) is 60.8 Å². The number of rotatable bonds is 4. The van der Waals surface area contributed by atoms with Gasteiger partial charge in [0.1, 0.15) is 11.2 Å². The van der Waals surface area contributed by atoms with Crippen molar-refractivity contribution in [2.45, 2.75) is 13.8 Å². The van der Waals surface area contributed by atoms with E-state index in [2.05, 4.69) is 15.6 Å². The van der Waals surface area contributed by atoms with E-state index in [4.69, 9.17) is 0 Å². The van der Waals surface area contributed by atoms with E-state index in [-0.39, 0.29) is 0 Å². The summed E-state index contributed by atoms with van der Waals surface area (Å²) in [6.45, 7) is 3.06. The first-order valence-corrected chi connectivity index (χ1v) is 8.10. The molecule has 1 heterocycles. The molecular weight excluding hydrogens is 333 g/mol. The number of carbonyl (C=O) groups is 2. The molecule has 2 aromatic carbocycles. The maximum absolute atomic E-state index is 13.0. The Balaban J connectivity index is 1.78. The lowest BCUT2D eigenvalue weighted by Crippen LogP contribution is -2.41. The van der Waals surface area contributed by atoms with E-state index in [0.717, 1.165) is 5.39 Å². The SMILES string of the molecule is CC(C)(C(=O)Nc1ccc(F)cc1)C(=O)Nc1cccc2cccnc12. The van der Waals surface area contributed by atoms with Crippen molar-refractivity contribution < 1.29 is 14.0 Å². The molecule has 3 aromatic rings. The van der Waals surface area contributed by atoms with Gasteiger partial charge in [0.05, 0.1) is 11.2 Å². The molecule has 0 radical (unpaired) electrons. The highest BCUT2D eigenvalue weighted by atomic mass is 19.1. The van der Waals surface area contributed by atoms with Crippen LogP contribution in [0, 0.1) is 11.2 Å². The third kappa shape index (κ3) is 3.54. The summed E-state index contributed by atoms with van der Waals surface area (Å²) in [7, 11) is 0. The van der Waals surface area contributed by atoms with E-state index in [1.165, 1.54) is 38.1 Å². The van der Waals surface area contributed by atoms with Crippen molar-refractivity contribution in [1.82, 2.24) is 4.98 Å². The number of aromatic nitrogens is 1. The third-order valence-corrected chi connectivity index (χ3v) is 4.12. The first-order chi connectivity index (χ1) is 12.4. The van der Waals surface area contributed by atoms with E-state index in [9.17, 15) is 14.0 Å². The maximum atomic E-state index is 13.0. The number of pyridine rings is 1. The van der Waals surface area contributed by atoms with Crippen LogP contribution >= 0.6 is 0 Å². The minimum atomic E-state index is -1.34. The summed E-state index contributed by atoms with van der Waals surface area (Å²) in [4.78, 5) is 29.5. The Labute approximate surface area is 150 Å². The molecule has 1 aromatic heterocycles. The van der Waals surface area contributed by atoms with Gasteiger partial charge in [-0.05, 0) is 50.2 Å². The Morgan fingerprint density at radius 3 is 2.31 bits per heavy atom. The van der Waals surface area contributed by atoms with Crippen molar-refractivity contribution >= 4 is 34.1 Å². The van der Waals surface area contributed by atoms with E-state index in [1.54, 1.807) is 12.3 Å². The van der Waals surface area contributed by atoms with Crippen LogP contribution in [0.4, 0.5) is 15.8 Å². The van der Waals surface area contributed by atoms with E-state index >= 15 is 0 Å². The molecule has 0 aliphatic heterocycles. The van der Waals surface area contributed by atoms with Crippen LogP contribution in [0.25, 0.3) is 10.9 Å². The van der Waals surface area contributed by atoms with Gasteiger partial charge < -0.3 is 10.6 Å². The number of anilines is 2. The molecule has 26 heavy (non-hydrogen) atoms. The van der Waals surface area contributed by atoms with Crippen molar-refractivity contribution in [3.05, 3.63) is 66.6 Å². The van der Waals surface area contributed by atoms with Gasteiger partial charge in [0.15, 0.2) is 0 Å². The number of hydrogen-bond acceptors (Lipinski definition) is 3. The lowest BCUT2D eigenvalue weighted by molar-refractivity contribution is -0.135. The van der Waals surface area contributed by atoms with Gasteiger partial charge in [0, 0.05) is 17.3 Å². The van der Waals surface area contributed by atoms with Crippen molar-refractivity contribution in [3.8, 4) is 0 Å². The number of hydrogen-bond donors (Lipinski definition) is 2. The Kier molecular flexibility index (Phi) is 4.67. The minimum Gasteiger partial charge on any atom is -0.325 e. The molecule has 0 saturated carbocycles. The Morgan fingerprint density at radius 1 is 0.923 bits per heavy atom. The lowest BCUT2D eigenvalue weighted by Gasteiger charge is -2.23. The first-order valence-electron chi connectivity index (χ1n) is 8.10. The highest BCUT2D eigenvalue weighted by Crippen LogP contribution is 2.25. The predicted octanol–water partition coefficient (Wildman–Crippen LogP) is 3.98. The highest BCUT2D eigenvalue weighted by Gasteiger charge is 2.36.